The fourth-order valence-corrected chi connectivity index (χ4v) is 12.1. The van der Waals surface area contributed by atoms with E-state index in [-0.39, 0.29) is 108 Å². The van der Waals surface area contributed by atoms with Gasteiger partial charge in [0.25, 0.3) is 0 Å². The molecule has 0 saturated carbocycles. The summed E-state index contributed by atoms with van der Waals surface area (Å²) in [5, 5.41) is 50.1. The van der Waals surface area contributed by atoms with Gasteiger partial charge in [-0.2, -0.15) is 0 Å². The monoisotopic (exact) mass is 1590 g/mol. The van der Waals surface area contributed by atoms with E-state index >= 15 is 0 Å². The van der Waals surface area contributed by atoms with Crippen molar-refractivity contribution in [3.8, 4) is 22.8 Å². The first-order valence-corrected chi connectivity index (χ1v) is 33.3. The summed E-state index contributed by atoms with van der Waals surface area (Å²) in [6.45, 7) is 0. The Bertz CT molecular complexity index is 4650. The number of hydrogen-bond acceptors (Lipinski definition) is 8. The largest absolute Gasteiger partial charge is 2.00 e. The molecule has 29 heteroatoms. The molecule has 14 aromatic rings. The van der Waals surface area contributed by atoms with Crippen molar-refractivity contribution in [3.05, 3.63) is 432 Å². The van der Waals surface area contributed by atoms with E-state index in [1.54, 1.807) is 0 Å². The average molecular weight is 1590 g/mol. The zero-order chi connectivity index (χ0) is 71.3. The molecule has 0 spiro atoms. The van der Waals surface area contributed by atoms with Crippen molar-refractivity contribution in [2.24, 2.45) is 0 Å². The molecule has 0 amide bonds. The van der Waals surface area contributed by atoms with Gasteiger partial charge in [0.2, 0.25) is 0 Å². The molecule has 21 nitrogen and oxygen atoms in total. The second kappa shape index (κ2) is 33.7. The molecule has 2 aliphatic heterocycles. The van der Waals surface area contributed by atoms with Gasteiger partial charge < -0.3 is 45.3 Å². The summed E-state index contributed by atoms with van der Waals surface area (Å²) in [4.78, 5) is 87.2. The Morgan fingerprint density at radius 2 is 0.390 bits per heavy atom. The number of fused-ring (bicyclic) bond motifs is 18. The van der Waals surface area contributed by atoms with Gasteiger partial charge in [-0.25, -0.2) is 0 Å². The van der Waals surface area contributed by atoms with Gasteiger partial charge in [-0.15, -0.1) is 22.8 Å². The standard InChI is InChI=1S/2C37H21N6O4.2CHCl3.2Fe.O/c2*44-42(45)31-20-29-30-21-32(43(46)47)37(41-30)35(24-14-8-3-9-15-24)28-19-17-26(39-28)33(22-10-4-1-5-11-22)25-16-18-27(38-25)34(36(31)40-29)23-12-6-2-7-13-23;2*2-1(3)4;;;/h2*1-21H;2*1H;;;/q2*-1;;;2*+2;-2. The second-order valence-electron chi connectivity index (χ2n) is 22.3. The van der Waals surface area contributed by atoms with Crippen LogP contribution in [0.1, 0.15) is 102 Å². The van der Waals surface area contributed by atoms with Crippen LogP contribution >= 0.6 is 69.6 Å². The van der Waals surface area contributed by atoms with E-state index in [1.807, 2.05) is 231 Å². The Hall–Kier alpha value is -10.9. The number of hydrogen-bond donors (Lipinski definition) is 0. The first kappa shape index (κ1) is 76.7. The van der Waals surface area contributed by atoms with E-state index in [0.717, 1.165) is 23.0 Å². The van der Waals surface area contributed by atoms with Gasteiger partial charge in [0.1, 0.15) is 0 Å². The van der Waals surface area contributed by atoms with Crippen LogP contribution in [0.25, 0.3) is 22.8 Å². The first-order chi connectivity index (χ1) is 49.4. The predicted octanol–water partition coefficient (Wildman–Crippen LogP) is 16.6. The predicted molar refractivity (Wildman–Crippen MR) is 388 cm³/mol. The van der Waals surface area contributed by atoms with Gasteiger partial charge in [0.15, 0.2) is 8.59 Å². The molecule has 0 N–H and O–H groups in total. The molecular formula is C76H44Cl6Fe2N12O9. The van der Waals surface area contributed by atoms with Crippen molar-refractivity contribution >= 4 is 92.4 Å². The van der Waals surface area contributed by atoms with E-state index in [1.165, 1.54) is 24.3 Å². The molecule has 16 bridgehead atoms. The fraction of sp³-hybridized carbons (Fsp3) is 0.0263. The third-order valence-electron chi connectivity index (χ3n) is 16.2. The van der Waals surface area contributed by atoms with E-state index in [4.69, 9.17) is 109 Å². The number of rotatable bonds is 10. The molecule has 10 heterocycles. The SMILES string of the molecule is ClC(Cl)Cl.ClC(Cl)Cl.O=[N+]([O-])c1cc2[n-]c1[C+](c1ccccc1)c1ccc([n-]1)[C+](c1ccccc1)c1ccc([n-]1)[C+](c1ccccc1)c1[n-]c-2cc1[N+](=O)[O-].O=[N+]([O-])c1cc2[n-]c1[C+](c1ccccc1)c1ccc([n-]1)[C+](c1ccccc1)c1ccc([n-]1)[C+](c1ccccc1)c1[n-]c-2cc1[N+](=O)[O-].[Fe+2].[Fe+2].[O-2]. The van der Waals surface area contributed by atoms with Crippen molar-refractivity contribution < 1.29 is 59.3 Å². The molecule has 0 saturated heterocycles. The summed E-state index contributed by atoms with van der Waals surface area (Å²) >= 11 is 28.8. The average Bonchev–Trinajstić information content (AvgIpc) is 1.61. The van der Waals surface area contributed by atoms with Crippen LogP contribution < -0.4 is 39.9 Å². The van der Waals surface area contributed by atoms with Gasteiger partial charge in [-0.05, 0) is 155 Å². The van der Waals surface area contributed by atoms with Crippen LogP contribution in [0.15, 0.2) is 255 Å². The number of nitrogens with zero attached hydrogens (tertiary/aromatic N) is 12. The Morgan fingerprint density at radius 3 is 0.543 bits per heavy atom. The van der Waals surface area contributed by atoms with Crippen molar-refractivity contribution in [1.82, 2.24) is 39.9 Å². The maximum Gasteiger partial charge on any atom is 2.00 e. The van der Waals surface area contributed by atoms with Gasteiger partial charge in [-0.3, -0.25) is 40.5 Å². The van der Waals surface area contributed by atoms with Crippen molar-refractivity contribution in [1.29, 1.82) is 0 Å². The van der Waals surface area contributed by atoms with Crippen LogP contribution in [-0.4, -0.2) is 28.3 Å². The van der Waals surface area contributed by atoms with Crippen LogP contribution in [0, 0.1) is 76.0 Å². The molecule has 0 fully saturated rings. The van der Waals surface area contributed by atoms with Crippen molar-refractivity contribution in [3.63, 3.8) is 0 Å². The van der Waals surface area contributed by atoms with E-state index < -0.39 is 28.3 Å². The normalized spacial score (nSPS) is 11.8. The summed E-state index contributed by atoms with van der Waals surface area (Å²) in [6, 6.07) is 76.2. The van der Waals surface area contributed by atoms with Gasteiger partial charge in [0.05, 0.1) is 53.1 Å². The summed E-state index contributed by atoms with van der Waals surface area (Å²) in [7, 11) is 0. The Morgan fingerprint density at radius 1 is 0.248 bits per heavy atom. The molecule has 0 aliphatic carbocycles. The minimum Gasteiger partial charge on any atom is -2.00 e. The smallest absolute Gasteiger partial charge is 2.00 e. The van der Waals surface area contributed by atoms with Crippen LogP contribution in [0.2, 0.25) is 0 Å². The minimum absolute atomic E-state index is 0. The summed E-state index contributed by atoms with van der Waals surface area (Å²) in [5.74, 6) is 3.26. The molecule has 0 unspecified atom stereocenters. The Kier molecular flexibility index (Phi) is 24.6. The summed E-state index contributed by atoms with van der Waals surface area (Å²) < 4.78 is -1.50. The number of alkyl halides is 6. The van der Waals surface area contributed by atoms with Gasteiger partial charge in [-0.1, -0.05) is 69.6 Å². The van der Waals surface area contributed by atoms with Crippen LogP contribution in [0.5, 0.6) is 0 Å². The Balaban J connectivity index is 0.000000199. The number of nitro groups is 4. The van der Waals surface area contributed by atoms with Crippen LogP contribution in [0.4, 0.5) is 22.7 Å². The quantitative estimate of drug-likeness (QED) is 0.0404. The third-order valence-corrected chi connectivity index (χ3v) is 16.2. The molecular weight excluding hydrogens is 1550 g/mol. The van der Waals surface area contributed by atoms with E-state index in [0.29, 0.717) is 91.5 Å². The first-order valence-electron chi connectivity index (χ1n) is 30.7. The van der Waals surface area contributed by atoms with Crippen LogP contribution in [0.3, 0.4) is 0 Å². The molecule has 0 atom stereocenters. The second-order valence-corrected chi connectivity index (χ2v) is 26.3. The van der Waals surface area contributed by atoms with Crippen LogP contribution in [-0.2, 0) is 39.6 Å². The number of aromatic nitrogens is 8. The topological polar surface area (TPSA) is 314 Å². The minimum atomic E-state index is -0.750. The summed E-state index contributed by atoms with van der Waals surface area (Å²) in [5.41, 5.74) is 8.58. The molecule has 16 rings (SSSR count). The van der Waals surface area contributed by atoms with Gasteiger partial charge >= 0.3 is 56.9 Å². The number of halogens is 6. The van der Waals surface area contributed by atoms with Crippen molar-refractivity contribution in [2.75, 3.05) is 0 Å². The van der Waals surface area contributed by atoms with E-state index in [2.05, 4.69) is 0 Å². The molecule has 6 aromatic carbocycles. The zero-order valence-corrected chi connectivity index (χ0v) is 60.2. The molecule has 2 aliphatic rings. The molecule has 520 valence electrons. The van der Waals surface area contributed by atoms with Gasteiger partial charge in [0, 0.05) is 204 Å². The number of benzene rings is 6. The van der Waals surface area contributed by atoms with Crippen molar-refractivity contribution in [2.45, 2.75) is 8.59 Å². The Labute approximate surface area is 650 Å². The maximum absolute atomic E-state index is 12.5. The molecule has 105 heavy (non-hydrogen) atoms. The fourth-order valence-electron chi connectivity index (χ4n) is 12.1. The molecule has 8 aromatic heterocycles. The maximum atomic E-state index is 12.5. The third kappa shape index (κ3) is 16.4. The zero-order valence-electron chi connectivity index (χ0n) is 53.4. The van der Waals surface area contributed by atoms with E-state index in [9.17, 15) is 40.5 Å². The molecule has 0 radical (unpaired) electrons. The summed E-state index contributed by atoms with van der Waals surface area (Å²) in [6.07, 6.45) is 0.